The lowest BCUT2D eigenvalue weighted by Crippen LogP contribution is -2.04. The van der Waals surface area contributed by atoms with Crippen LogP contribution >= 0.6 is 0 Å². The van der Waals surface area contributed by atoms with E-state index in [2.05, 4.69) is 19.9 Å². The van der Waals surface area contributed by atoms with E-state index in [1.54, 1.807) is 27.7 Å². The fraction of sp³-hybridized carbons (Fsp3) is 0.167. The quantitative estimate of drug-likeness (QED) is 0.538. The number of pyridine rings is 2. The Labute approximate surface area is 152 Å². The number of rotatable bonds is 5. The first-order chi connectivity index (χ1) is 13.0. The van der Waals surface area contributed by atoms with Crippen LogP contribution in [0, 0.1) is 0 Å². The molecule has 0 spiro atoms. The summed E-state index contributed by atoms with van der Waals surface area (Å²) in [5, 5.41) is 8.54. The van der Waals surface area contributed by atoms with Crippen LogP contribution in [0.1, 0.15) is 0 Å². The molecule has 0 saturated carbocycles. The molecule has 0 bridgehead atoms. The minimum Gasteiger partial charge on any atom is -0.481 e. The van der Waals surface area contributed by atoms with Crippen molar-refractivity contribution >= 4 is 5.52 Å². The first kappa shape index (κ1) is 17.0. The maximum absolute atomic E-state index is 12.6. The molecule has 7 nitrogen and oxygen atoms in total. The summed E-state index contributed by atoms with van der Waals surface area (Å²) >= 11 is 0. The second-order valence-corrected chi connectivity index (χ2v) is 5.82. The predicted octanol–water partition coefficient (Wildman–Crippen LogP) is 3.41. The van der Waals surface area contributed by atoms with E-state index in [-0.39, 0.29) is 11.8 Å². The number of halogens is 2. The van der Waals surface area contributed by atoms with Crippen molar-refractivity contribution in [1.82, 2.24) is 24.4 Å². The highest BCUT2D eigenvalue weighted by molar-refractivity contribution is 5.81. The Morgan fingerprint density at radius 2 is 1.78 bits per heavy atom. The number of hydrogen-bond acceptors (Lipinski definition) is 5. The molecule has 0 aromatic carbocycles. The largest absolute Gasteiger partial charge is 0.481 e. The molecule has 4 heterocycles. The van der Waals surface area contributed by atoms with E-state index >= 15 is 0 Å². The van der Waals surface area contributed by atoms with Gasteiger partial charge < -0.3 is 9.47 Å². The van der Waals surface area contributed by atoms with Crippen LogP contribution in [-0.4, -0.2) is 38.1 Å². The Morgan fingerprint density at radius 1 is 0.963 bits per heavy atom. The zero-order chi connectivity index (χ0) is 19.0. The monoisotopic (exact) mass is 371 g/mol. The molecule has 0 atom stereocenters. The molecule has 4 rings (SSSR count). The number of fused-ring (bicyclic) bond motifs is 1. The Bertz CT molecular complexity index is 1110. The van der Waals surface area contributed by atoms with Crippen LogP contribution in [0.2, 0.25) is 0 Å². The van der Waals surface area contributed by atoms with E-state index in [1.807, 2.05) is 31.6 Å². The normalized spacial score (nSPS) is 11.3. The Morgan fingerprint density at radius 3 is 2.48 bits per heavy atom. The maximum atomic E-state index is 12.6. The number of alkyl halides is 2. The second-order valence-electron chi connectivity index (χ2n) is 5.82. The molecule has 0 fully saturated rings. The third-order valence-corrected chi connectivity index (χ3v) is 4.06. The van der Waals surface area contributed by atoms with Gasteiger partial charge in [-0.1, -0.05) is 6.07 Å². The van der Waals surface area contributed by atoms with Crippen molar-refractivity contribution in [3.63, 3.8) is 0 Å². The van der Waals surface area contributed by atoms with Crippen molar-refractivity contribution in [2.75, 3.05) is 7.11 Å². The number of hydrogen-bond donors (Lipinski definition) is 0. The molecule has 138 valence electrons. The van der Waals surface area contributed by atoms with Crippen LogP contribution in [-0.2, 0) is 7.05 Å². The molecule has 0 aliphatic carbocycles. The number of aromatic nitrogens is 5. The van der Waals surface area contributed by atoms with Gasteiger partial charge in [-0.2, -0.15) is 24.0 Å². The zero-order valence-electron chi connectivity index (χ0n) is 14.5. The molecular weight excluding hydrogens is 356 g/mol. The van der Waals surface area contributed by atoms with Crippen LogP contribution in [0.25, 0.3) is 27.8 Å². The summed E-state index contributed by atoms with van der Waals surface area (Å²) in [5.41, 5.74) is 4.09. The molecule has 0 N–H and O–H groups in total. The van der Waals surface area contributed by atoms with E-state index in [9.17, 15) is 8.78 Å². The molecular formula is C18H15F2N5O2. The van der Waals surface area contributed by atoms with Crippen LogP contribution in [0.3, 0.4) is 0 Å². The van der Waals surface area contributed by atoms with Crippen molar-refractivity contribution in [2.24, 2.45) is 7.05 Å². The summed E-state index contributed by atoms with van der Waals surface area (Å²) in [6, 6.07) is 6.93. The average molecular weight is 371 g/mol. The Kier molecular flexibility index (Phi) is 4.19. The van der Waals surface area contributed by atoms with E-state index in [0.717, 1.165) is 22.2 Å². The van der Waals surface area contributed by atoms with E-state index in [1.165, 1.54) is 13.2 Å². The molecule has 0 aliphatic rings. The van der Waals surface area contributed by atoms with Crippen molar-refractivity contribution in [3.05, 3.63) is 49.1 Å². The highest BCUT2D eigenvalue weighted by Gasteiger charge is 2.14. The second kappa shape index (κ2) is 6.67. The predicted molar refractivity (Wildman–Crippen MR) is 93.8 cm³/mol. The molecule has 4 aromatic heterocycles. The molecule has 0 radical (unpaired) electrons. The molecule has 0 amide bonds. The fourth-order valence-electron chi connectivity index (χ4n) is 2.84. The van der Waals surface area contributed by atoms with Gasteiger partial charge in [0.1, 0.15) is 0 Å². The fourth-order valence-corrected chi connectivity index (χ4v) is 2.84. The van der Waals surface area contributed by atoms with Crippen LogP contribution in [0.4, 0.5) is 8.78 Å². The minimum absolute atomic E-state index is 0.175. The van der Waals surface area contributed by atoms with Gasteiger partial charge in [-0.15, -0.1) is 0 Å². The molecule has 0 aliphatic heterocycles. The third kappa shape index (κ3) is 3.31. The van der Waals surface area contributed by atoms with Gasteiger partial charge in [0.2, 0.25) is 11.8 Å². The average Bonchev–Trinajstić information content (AvgIpc) is 3.26. The molecule has 0 saturated heterocycles. The topological polar surface area (TPSA) is 66.5 Å². The van der Waals surface area contributed by atoms with Gasteiger partial charge in [0, 0.05) is 48.3 Å². The number of methoxy groups -OCH3 is 1. The summed E-state index contributed by atoms with van der Waals surface area (Å²) in [6.07, 6.45) is 7.22. The Hall–Kier alpha value is -3.49. The highest BCUT2D eigenvalue weighted by atomic mass is 19.3. The van der Waals surface area contributed by atoms with Crippen molar-refractivity contribution in [2.45, 2.75) is 6.61 Å². The highest BCUT2D eigenvalue weighted by Crippen LogP contribution is 2.31. The van der Waals surface area contributed by atoms with Gasteiger partial charge >= 0.3 is 6.61 Å². The maximum Gasteiger partial charge on any atom is 0.388 e. The third-order valence-electron chi connectivity index (χ3n) is 4.06. The lowest BCUT2D eigenvalue weighted by molar-refractivity contribution is -0.0530. The molecule has 9 heteroatoms. The van der Waals surface area contributed by atoms with Crippen molar-refractivity contribution in [3.8, 4) is 34.0 Å². The molecule has 27 heavy (non-hydrogen) atoms. The van der Waals surface area contributed by atoms with Crippen LogP contribution < -0.4 is 9.47 Å². The lowest BCUT2D eigenvalue weighted by Gasteiger charge is -2.08. The summed E-state index contributed by atoms with van der Waals surface area (Å²) < 4.78 is 38.1. The molecule has 4 aromatic rings. The summed E-state index contributed by atoms with van der Waals surface area (Å²) in [6.45, 7) is -2.97. The zero-order valence-corrected chi connectivity index (χ0v) is 14.5. The van der Waals surface area contributed by atoms with Gasteiger partial charge in [0.05, 0.1) is 25.0 Å². The number of nitrogens with zero attached hydrogens (tertiary/aromatic N) is 5. The lowest BCUT2D eigenvalue weighted by atomic mass is 10.1. The van der Waals surface area contributed by atoms with Crippen LogP contribution in [0.5, 0.6) is 11.8 Å². The first-order valence-corrected chi connectivity index (χ1v) is 8.01. The van der Waals surface area contributed by atoms with Gasteiger partial charge in [0.15, 0.2) is 0 Å². The van der Waals surface area contributed by atoms with Crippen molar-refractivity contribution in [1.29, 1.82) is 0 Å². The number of ether oxygens (including phenoxy) is 2. The smallest absolute Gasteiger partial charge is 0.388 e. The summed E-state index contributed by atoms with van der Waals surface area (Å²) in [4.78, 5) is 3.88. The van der Waals surface area contributed by atoms with Crippen LogP contribution in [0.15, 0.2) is 49.1 Å². The summed E-state index contributed by atoms with van der Waals surface area (Å²) in [5.74, 6) is -0.0415. The standard InChI is InChI=1S/C18H15F2N5O2/c1-24-9-13(7-21-24)11-3-4-15-14(8-22-25(15)10-11)12-5-16(26-2)23-17(6-12)27-18(19)20/h3-10,18H,1-2H3. The van der Waals surface area contributed by atoms with E-state index < -0.39 is 6.61 Å². The first-order valence-electron chi connectivity index (χ1n) is 8.01. The van der Waals surface area contributed by atoms with Crippen molar-refractivity contribution < 1.29 is 18.3 Å². The van der Waals surface area contributed by atoms with Gasteiger partial charge in [0.25, 0.3) is 0 Å². The molecule has 0 unspecified atom stereocenters. The summed E-state index contributed by atoms with van der Waals surface area (Å²) in [7, 11) is 3.26. The minimum atomic E-state index is -2.97. The SMILES string of the molecule is COc1cc(-c2cnn3cc(-c4cnn(C)c4)ccc23)cc(OC(F)F)n1. The van der Waals surface area contributed by atoms with Gasteiger partial charge in [-0.05, 0) is 11.6 Å². The van der Waals surface area contributed by atoms with E-state index in [0.29, 0.717) is 5.56 Å². The van der Waals surface area contributed by atoms with Gasteiger partial charge in [-0.25, -0.2) is 4.52 Å². The number of aryl methyl sites for hydroxylation is 1. The Balaban J connectivity index is 1.78. The van der Waals surface area contributed by atoms with Gasteiger partial charge in [-0.3, -0.25) is 4.68 Å². The van der Waals surface area contributed by atoms with E-state index in [4.69, 9.17) is 4.74 Å².